The van der Waals surface area contributed by atoms with E-state index >= 15 is 0 Å². The van der Waals surface area contributed by atoms with Crippen molar-refractivity contribution in [2.75, 3.05) is 25.3 Å². The molecule has 0 aromatic heterocycles. The number of amides is 1. The van der Waals surface area contributed by atoms with Gasteiger partial charge in [-0.3, -0.25) is 4.79 Å². The molecule has 0 aliphatic heterocycles. The number of anilines is 1. The molecule has 0 bridgehead atoms. The van der Waals surface area contributed by atoms with Crippen molar-refractivity contribution in [3.8, 4) is 11.5 Å². The lowest BCUT2D eigenvalue weighted by molar-refractivity contribution is -0.113. The Morgan fingerprint density at radius 2 is 1.71 bits per heavy atom. The third-order valence-electron chi connectivity index (χ3n) is 3.38. The molecule has 7 heteroatoms. The number of rotatable bonds is 6. The van der Waals surface area contributed by atoms with E-state index in [9.17, 15) is 13.2 Å². The zero-order chi connectivity index (χ0) is 17.7. The number of ether oxygens (including phenoxy) is 2. The third kappa shape index (κ3) is 4.26. The van der Waals surface area contributed by atoms with Crippen LogP contribution < -0.4 is 14.8 Å². The highest BCUT2D eigenvalue weighted by atomic mass is 32.2. The zero-order valence-electron chi connectivity index (χ0n) is 13.7. The lowest BCUT2D eigenvalue weighted by Crippen LogP contribution is -2.23. The molecule has 0 saturated carbocycles. The fourth-order valence-electron chi connectivity index (χ4n) is 2.10. The summed E-state index contributed by atoms with van der Waals surface area (Å²) in [5.41, 5.74) is 1.29. The number of benzene rings is 2. The Kier molecular flexibility index (Phi) is 5.46. The lowest BCUT2D eigenvalue weighted by Gasteiger charge is -2.12. The summed E-state index contributed by atoms with van der Waals surface area (Å²) in [4.78, 5) is 12.3. The van der Waals surface area contributed by atoms with E-state index in [2.05, 4.69) is 5.32 Å². The summed E-state index contributed by atoms with van der Waals surface area (Å²) in [7, 11) is -0.762. The summed E-state index contributed by atoms with van der Waals surface area (Å²) in [6.45, 7) is 1.86. The first-order valence-electron chi connectivity index (χ1n) is 7.17. The first-order chi connectivity index (χ1) is 11.4. The quantitative estimate of drug-likeness (QED) is 0.866. The minimum Gasteiger partial charge on any atom is -0.497 e. The number of carbonyl (C=O) groups is 1. The summed E-state index contributed by atoms with van der Waals surface area (Å²) >= 11 is 0. The van der Waals surface area contributed by atoms with Gasteiger partial charge in [-0.25, -0.2) is 8.42 Å². The normalized spacial score (nSPS) is 11.0. The Hall–Kier alpha value is -2.54. The van der Waals surface area contributed by atoms with Crippen LogP contribution in [0.15, 0.2) is 47.4 Å². The summed E-state index contributed by atoms with van der Waals surface area (Å²) in [5, 5.41) is 2.55. The van der Waals surface area contributed by atoms with Crippen molar-refractivity contribution in [1.29, 1.82) is 0 Å². The van der Waals surface area contributed by atoms with Gasteiger partial charge in [-0.05, 0) is 31.2 Å². The van der Waals surface area contributed by atoms with Gasteiger partial charge in [-0.15, -0.1) is 0 Å². The molecule has 0 heterocycles. The lowest BCUT2D eigenvalue weighted by atomic mass is 10.2. The van der Waals surface area contributed by atoms with Crippen LogP contribution in [0, 0.1) is 6.92 Å². The Balaban J connectivity index is 2.17. The Bertz CT molecular complexity index is 829. The maximum Gasteiger partial charge on any atom is 0.240 e. The van der Waals surface area contributed by atoms with E-state index in [4.69, 9.17) is 9.47 Å². The molecule has 0 aliphatic carbocycles. The number of carbonyl (C=O) groups excluding carboxylic acids is 1. The molecule has 0 saturated heterocycles. The molecule has 2 aromatic rings. The molecule has 0 spiro atoms. The van der Waals surface area contributed by atoms with E-state index < -0.39 is 21.5 Å². The Morgan fingerprint density at radius 3 is 2.29 bits per heavy atom. The third-order valence-corrected chi connectivity index (χ3v) is 5.01. The number of hydrogen-bond donors (Lipinski definition) is 1. The monoisotopic (exact) mass is 349 g/mol. The molecule has 6 nitrogen and oxygen atoms in total. The van der Waals surface area contributed by atoms with Crippen molar-refractivity contribution in [3.05, 3.63) is 48.0 Å². The van der Waals surface area contributed by atoms with Crippen molar-refractivity contribution >= 4 is 21.4 Å². The average Bonchev–Trinajstić information content (AvgIpc) is 2.54. The molecule has 0 fully saturated rings. The molecule has 0 atom stereocenters. The number of hydrogen-bond acceptors (Lipinski definition) is 5. The molecule has 0 aliphatic rings. The molecule has 0 radical (unpaired) electrons. The van der Waals surface area contributed by atoms with Crippen LogP contribution in [0.2, 0.25) is 0 Å². The average molecular weight is 349 g/mol. The maximum absolute atomic E-state index is 12.3. The van der Waals surface area contributed by atoms with Crippen molar-refractivity contribution in [3.63, 3.8) is 0 Å². The summed E-state index contributed by atoms with van der Waals surface area (Å²) < 4.78 is 34.9. The number of aryl methyl sites for hydroxylation is 1. The zero-order valence-corrected chi connectivity index (χ0v) is 14.5. The largest absolute Gasteiger partial charge is 0.497 e. The first kappa shape index (κ1) is 17.8. The topological polar surface area (TPSA) is 81.7 Å². The second kappa shape index (κ2) is 7.35. The molecule has 24 heavy (non-hydrogen) atoms. The smallest absolute Gasteiger partial charge is 0.240 e. The van der Waals surface area contributed by atoms with Gasteiger partial charge in [0.05, 0.1) is 24.8 Å². The fourth-order valence-corrected chi connectivity index (χ4v) is 3.23. The predicted molar refractivity (Wildman–Crippen MR) is 91.4 cm³/mol. The SMILES string of the molecule is COc1ccc(OC)c(NC(=O)CS(=O)(=O)c2ccc(C)cc2)c1. The number of nitrogens with one attached hydrogen (secondary N) is 1. The molecular formula is C17H19NO5S. The van der Waals surface area contributed by atoms with Gasteiger partial charge in [0.2, 0.25) is 5.91 Å². The van der Waals surface area contributed by atoms with Crippen LogP contribution in [0.4, 0.5) is 5.69 Å². The highest BCUT2D eigenvalue weighted by Gasteiger charge is 2.20. The van der Waals surface area contributed by atoms with E-state index in [1.807, 2.05) is 6.92 Å². The van der Waals surface area contributed by atoms with Gasteiger partial charge >= 0.3 is 0 Å². The van der Waals surface area contributed by atoms with Gasteiger partial charge < -0.3 is 14.8 Å². The highest BCUT2D eigenvalue weighted by molar-refractivity contribution is 7.92. The number of sulfone groups is 1. The Labute approximate surface area is 141 Å². The molecular weight excluding hydrogens is 330 g/mol. The summed E-state index contributed by atoms with van der Waals surface area (Å²) in [5.74, 6) is -0.373. The molecule has 128 valence electrons. The van der Waals surface area contributed by atoms with E-state index in [1.165, 1.54) is 26.4 Å². The van der Waals surface area contributed by atoms with E-state index in [0.717, 1.165) is 5.56 Å². The van der Waals surface area contributed by atoms with Gasteiger partial charge in [0.25, 0.3) is 0 Å². The minimum absolute atomic E-state index is 0.112. The number of methoxy groups -OCH3 is 2. The molecule has 2 aromatic carbocycles. The van der Waals surface area contributed by atoms with Crippen LogP contribution in [0.3, 0.4) is 0 Å². The molecule has 1 N–H and O–H groups in total. The van der Waals surface area contributed by atoms with Gasteiger partial charge in [-0.1, -0.05) is 17.7 Å². The van der Waals surface area contributed by atoms with E-state index in [1.54, 1.807) is 30.3 Å². The van der Waals surface area contributed by atoms with Crippen molar-refractivity contribution < 1.29 is 22.7 Å². The standard InChI is InChI=1S/C17H19NO5S/c1-12-4-7-14(8-5-12)24(20,21)11-17(19)18-15-10-13(22-2)6-9-16(15)23-3/h4-10H,11H2,1-3H3,(H,18,19). The van der Waals surface area contributed by atoms with Gasteiger partial charge in [0, 0.05) is 6.07 Å². The highest BCUT2D eigenvalue weighted by Crippen LogP contribution is 2.29. The maximum atomic E-state index is 12.3. The fraction of sp³-hybridized carbons (Fsp3) is 0.235. The Morgan fingerprint density at radius 1 is 1.04 bits per heavy atom. The van der Waals surface area contributed by atoms with Crippen molar-refractivity contribution in [2.45, 2.75) is 11.8 Å². The minimum atomic E-state index is -3.72. The second-order valence-corrected chi connectivity index (χ2v) is 7.18. The summed E-state index contributed by atoms with van der Waals surface area (Å²) in [6, 6.07) is 11.2. The molecule has 1 amide bonds. The van der Waals surface area contributed by atoms with E-state index in [-0.39, 0.29) is 4.90 Å². The van der Waals surface area contributed by atoms with Crippen LogP contribution in [-0.4, -0.2) is 34.3 Å². The van der Waals surface area contributed by atoms with Crippen LogP contribution in [0.5, 0.6) is 11.5 Å². The second-order valence-electron chi connectivity index (χ2n) is 5.19. The van der Waals surface area contributed by atoms with Gasteiger partial charge in [0.15, 0.2) is 9.84 Å². The van der Waals surface area contributed by atoms with Crippen LogP contribution >= 0.6 is 0 Å². The summed E-state index contributed by atoms with van der Waals surface area (Å²) in [6.07, 6.45) is 0. The first-order valence-corrected chi connectivity index (χ1v) is 8.82. The van der Waals surface area contributed by atoms with Crippen LogP contribution in [0.1, 0.15) is 5.56 Å². The molecule has 2 rings (SSSR count). The van der Waals surface area contributed by atoms with E-state index in [0.29, 0.717) is 17.2 Å². The van der Waals surface area contributed by atoms with Crippen LogP contribution in [0.25, 0.3) is 0 Å². The van der Waals surface area contributed by atoms with Crippen LogP contribution in [-0.2, 0) is 14.6 Å². The van der Waals surface area contributed by atoms with Gasteiger partial charge in [-0.2, -0.15) is 0 Å². The van der Waals surface area contributed by atoms with Gasteiger partial charge in [0.1, 0.15) is 17.3 Å². The predicted octanol–water partition coefficient (Wildman–Crippen LogP) is 2.42. The van der Waals surface area contributed by atoms with Crippen molar-refractivity contribution in [2.24, 2.45) is 0 Å². The van der Waals surface area contributed by atoms with Crippen molar-refractivity contribution in [1.82, 2.24) is 0 Å². The molecule has 0 unspecified atom stereocenters.